The molecule has 0 radical (unpaired) electrons. The van der Waals surface area contributed by atoms with Crippen LogP contribution in [0, 0.1) is 0 Å². The molecule has 1 rings (SSSR count). The predicted molar refractivity (Wildman–Crippen MR) is 47.5 cm³/mol. The van der Waals surface area contributed by atoms with Gasteiger partial charge in [0, 0.05) is 6.54 Å². The summed E-state index contributed by atoms with van der Waals surface area (Å²) in [6.45, 7) is -2.53. The zero-order valence-electron chi connectivity index (χ0n) is 7.67. The average molecular weight is 203 g/mol. The molecule has 0 fully saturated rings. The van der Waals surface area contributed by atoms with Gasteiger partial charge in [-0.1, -0.05) is 6.07 Å². The van der Waals surface area contributed by atoms with Gasteiger partial charge in [0.25, 0.3) is 0 Å². The molecule has 0 saturated carbocycles. The molecule has 0 aliphatic carbocycles. The zero-order chi connectivity index (χ0) is 10.6. The number of alkyl halides is 2. The van der Waals surface area contributed by atoms with E-state index in [-0.39, 0.29) is 11.5 Å². The first-order chi connectivity index (χ1) is 6.67. The molecule has 1 aromatic carbocycles. The van der Waals surface area contributed by atoms with Crippen LogP contribution in [-0.4, -0.2) is 13.7 Å². The van der Waals surface area contributed by atoms with Crippen molar-refractivity contribution in [2.75, 3.05) is 7.11 Å². The van der Waals surface area contributed by atoms with Crippen molar-refractivity contribution < 1.29 is 18.3 Å². The van der Waals surface area contributed by atoms with Crippen LogP contribution in [0.1, 0.15) is 5.56 Å². The molecule has 1 aromatic rings. The minimum absolute atomic E-state index is 0.0136. The van der Waals surface area contributed by atoms with Crippen LogP contribution in [0.2, 0.25) is 0 Å². The molecule has 0 atom stereocenters. The number of benzene rings is 1. The third-order valence-electron chi connectivity index (χ3n) is 1.68. The quantitative estimate of drug-likeness (QED) is 0.810. The summed E-state index contributed by atoms with van der Waals surface area (Å²) in [4.78, 5) is 0. The van der Waals surface area contributed by atoms with Gasteiger partial charge in [0.15, 0.2) is 11.5 Å². The van der Waals surface area contributed by atoms with Crippen molar-refractivity contribution in [3.8, 4) is 11.5 Å². The molecule has 0 aliphatic rings. The van der Waals surface area contributed by atoms with E-state index in [2.05, 4.69) is 4.74 Å². The average Bonchev–Trinajstić information content (AvgIpc) is 2.17. The summed E-state index contributed by atoms with van der Waals surface area (Å²) in [7, 11) is 1.38. The summed E-state index contributed by atoms with van der Waals surface area (Å²) in [6, 6.07) is 4.59. The molecule has 0 unspecified atom stereocenters. The highest BCUT2D eigenvalue weighted by molar-refractivity contribution is 5.42. The number of hydrogen-bond acceptors (Lipinski definition) is 3. The standard InChI is InChI=1S/C9H11F2NO2/c1-13-8-4-6(5-12)2-3-7(8)14-9(10)11/h2-4,9H,5,12H2,1H3. The second-order valence-corrected chi connectivity index (χ2v) is 2.57. The van der Waals surface area contributed by atoms with E-state index in [1.807, 2.05) is 0 Å². The lowest BCUT2D eigenvalue weighted by atomic mass is 10.2. The van der Waals surface area contributed by atoms with Gasteiger partial charge in [0.2, 0.25) is 0 Å². The fraction of sp³-hybridized carbons (Fsp3) is 0.333. The molecule has 0 spiro atoms. The van der Waals surface area contributed by atoms with Crippen LogP contribution in [-0.2, 0) is 6.54 Å². The van der Waals surface area contributed by atoms with Gasteiger partial charge in [0.1, 0.15) is 0 Å². The van der Waals surface area contributed by atoms with Gasteiger partial charge in [-0.2, -0.15) is 8.78 Å². The van der Waals surface area contributed by atoms with Crippen molar-refractivity contribution in [1.82, 2.24) is 0 Å². The Kier molecular flexibility index (Phi) is 3.64. The van der Waals surface area contributed by atoms with Gasteiger partial charge < -0.3 is 15.2 Å². The maximum Gasteiger partial charge on any atom is 0.387 e. The maximum absolute atomic E-state index is 11.9. The lowest BCUT2D eigenvalue weighted by Crippen LogP contribution is -2.04. The Labute approximate surface area is 80.4 Å². The summed E-state index contributed by atoms with van der Waals surface area (Å²) in [6.07, 6.45) is 0. The summed E-state index contributed by atoms with van der Waals surface area (Å²) < 4.78 is 32.9. The Bertz CT molecular complexity index is 305. The van der Waals surface area contributed by atoms with Crippen molar-refractivity contribution in [2.24, 2.45) is 5.73 Å². The Morgan fingerprint density at radius 2 is 2.07 bits per heavy atom. The Hall–Kier alpha value is -1.36. The summed E-state index contributed by atoms with van der Waals surface area (Å²) in [5.41, 5.74) is 6.18. The normalized spacial score (nSPS) is 10.4. The molecule has 0 bridgehead atoms. The molecular weight excluding hydrogens is 192 g/mol. The van der Waals surface area contributed by atoms with Gasteiger partial charge in [-0.15, -0.1) is 0 Å². The van der Waals surface area contributed by atoms with Gasteiger partial charge in [0.05, 0.1) is 7.11 Å². The molecule has 0 aliphatic heterocycles. The summed E-state index contributed by atoms with van der Waals surface area (Å²) >= 11 is 0. The second kappa shape index (κ2) is 4.76. The molecule has 3 nitrogen and oxygen atoms in total. The molecule has 78 valence electrons. The first-order valence-electron chi connectivity index (χ1n) is 3.99. The number of rotatable bonds is 4. The van der Waals surface area contributed by atoms with Crippen molar-refractivity contribution in [2.45, 2.75) is 13.2 Å². The van der Waals surface area contributed by atoms with Gasteiger partial charge >= 0.3 is 6.61 Å². The summed E-state index contributed by atoms with van der Waals surface area (Å²) in [5.74, 6) is 0.271. The lowest BCUT2D eigenvalue weighted by Gasteiger charge is -2.10. The minimum Gasteiger partial charge on any atom is -0.493 e. The van der Waals surface area contributed by atoms with Crippen LogP contribution >= 0.6 is 0 Å². The lowest BCUT2D eigenvalue weighted by molar-refractivity contribution is -0.0512. The van der Waals surface area contributed by atoms with E-state index in [4.69, 9.17) is 10.5 Å². The largest absolute Gasteiger partial charge is 0.493 e. The number of halogens is 2. The van der Waals surface area contributed by atoms with Gasteiger partial charge in [-0.05, 0) is 17.7 Å². The van der Waals surface area contributed by atoms with Crippen LogP contribution in [0.4, 0.5) is 8.78 Å². The van der Waals surface area contributed by atoms with E-state index in [1.165, 1.54) is 13.2 Å². The van der Waals surface area contributed by atoms with E-state index in [9.17, 15) is 8.78 Å². The number of nitrogens with two attached hydrogens (primary N) is 1. The molecule has 5 heteroatoms. The van der Waals surface area contributed by atoms with Crippen molar-refractivity contribution in [3.05, 3.63) is 23.8 Å². The maximum atomic E-state index is 11.9. The molecule has 2 N–H and O–H groups in total. The van der Waals surface area contributed by atoms with Crippen LogP contribution in [0.25, 0.3) is 0 Å². The van der Waals surface area contributed by atoms with Crippen molar-refractivity contribution in [3.63, 3.8) is 0 Å². The van der Waals surface area contributed by atoms with E-state index < -0.39 is 6.61 Å². The fourth-order valence-electron chi connectivity index (χ4n) is 1.03. The van der Waals surface area contributed by atoms with E-state index >= 15 is 0 Å². The smallest absolute Gasteiger partial charge is 0.387 e. The van der Waals surface area contributed by atoms with E-state index in [1.54, 1.807) is 12.1 Å². The molecular formula is C9H11F2NO2. The number of ether oxygens (including phenoxy) is 2. The van der Waals surface area contributed by atoms with Gasteiger partial charge in [-0.3, -0.25) is 0 Å². The molecule has 0 heterocycles. The van der Waals surface area contributed by atoms with Crippen LogP contribution < -0.4 is 15.2 Å². The fourth-order valence-corrected chi connectivity index (χ4v) is 1.03. The Morgan fingerprint density at radius 1 is 1.36 bits per heavy atom. The van der Waals surface area contributed by atoms with Crippen molar-refractivity contribution in [1.29, 1.82) is 0 Å². The predicted octanol–water partition coefficient (Wildman–Crippen LogP) is 1.76. The second-order valence-electron chi connectivity index (χ2n) is 2.57. The SMILES string of the molecule is COc1cc(CN)ccc1OC(F)F. The molecule has 0 aromatic heterocycles. The monoisotopic (exact) mass is 203 g/mol. The molecule has 14 heavy (non-hydrogen) atoms. The minimum atomic E-state index is -2.85. The zero-order valence-corrected chi connectivity index (χ0v) is 7.67. The van der Waals surface area contributed by atoms with E-state index in [0.717, 1.165) is 5.56 Å². The Balaban J connectivity index is 2.93. The van der Waals surface area contributed by atoms with E-state index in [0.29, 0.717) is 6.54 Å². The van der Waals surface area contributed by atoms with Crippen LogP contribution in [0.3, 0.4) is 0 Å². The highest BCUT2D eigenvalue weighted by Gasteiger charge is 2.10. The van der Waals surface area contributed by atoms with Crippen molar-refractivity contribution >= 4 is 0 Å². The number of methoxy groups -OCH3 is 1. The highest BCUT2D eigenvalue weighted by Crippen LogP contribution is 2.29. The third-order valence-corrected chi connectivity index (χ3v) is 1.68. The van der Waals surface area contributed by atoms with Gasteiger partial charge in [-0.25, -0.2) is 0 Å². The first-order valence-corrected chi connectivity index (χ1v) is 3.99. The topological polar surface area (TPSA) is 44.5 Å². The molecule has 0 saturated heterocycles. The number of hydrogen-bond donors (Lipinski definition) is 1. The van der Waals surface area contributed by atoms with Crippen LogP contribution in [0.15, 0.2) is 18.2 Å². The van der Waals surface area contributed by atoms with Crippen LogP contribution in [0.5, 0.6) is 11.5 Å². The Morgan fingerprint density at radius 3 is 2.57 bits per heavy atom. The third kappa shape index (κ3) is 2.56. The molecule has 0 amide bonds. The highest BCUT2D eigenvalue weighted by atomic mass is 19.3. The summed E-state index contributed by atoms with van der Waals surface area (Å²) in [5, 5.41) is 0. The first kappa shape index (κ1) is 10.7.